The summed E-state index contributed by atoms with van der Waals surface area (Å²) in [7, 11) is 0. The number of nitrogens with two attached hydrogens (primary N) is 2. The number of carbonyl (C=O) groups is 4. The fourth-order valence-electron chi connectivity index (χ4n) is 3.98. The number of ether oxygens (including phenoxy) is 1. The second-order valence-electron chi connectivity index (χ2n) is 7.35. The minimum absolute atomic E-state index is 0.0399. The quantitative estimate of drug-likeness (QED) is 0.606. The number of aromatic nitrogens is 3. The summed E-state index contributed by atoms with van der Waals surface area (Å²) in [6.45, 7) is 0.107. The minimum Gasteiger partial charge on any atom is -0.406 e. The van der Waals surface area contributed by atoms with Crippen molar-refractivity contribution in [1.82, 2.24) is 19.9 Å². The average Bonchev–Trinajstić information content (AvgIpc) is 3.28. The molecule has 2 aliphatic heterocycles. The Kier molecular flexibility index (Phi) is 5.18. The van der Waals surface area contributed by atoms with Crippen molar-refractivity contribution < 1.29 is 37.1 Å². The van der Waals surface area contributed by atoms with E-state index >= 15 is 0 Å². The summed E-state index contributed by atoms with van der Waals surface area (Å²) in [5.74, 6) is -3.08. The van der Waals surface area contributed by atoms with Crippen LogP contribution in [0.15, 0.2) is 24.3 Å². The standard InChI is InChI=1S/C18H16F3N7O5/c19-18(20,21)33-10-3-1-8(2-4-10)27-16(31)11-7-9(5-6-26(11)17(27)32)28-13(15(23)30)12(14(22)29)24-25-28/h1-4,9,11H,5-7H2,(H2,22,29)(H2,23,30)/t9-,11-/m0/s1. The molecule has 2 atom stereocenters. The number of piperidine rings is 1. The predicted octanol–water partition coefficient (Wildman–Crippen LogP) is 0.547. The number of carbonyl (C=O) groups excluding carboxylic acids is 4. The molecular weight excluding hydrogens is 451 g/mol. The Balaban J connectivity index is 1.57. The lowest BCUT2D eigenvalue weighted by atomic mass is 9.97. The van der Waals surface area contributed by atoms with Crippen LogP contribution in [0.4, 0.5) is 23.7 Å². The highest BCUT2D eigenvalue weighted by Gasteiger charge is 2.49. The zero-order valence-corrected chi connectivity index (χ0v) is 16.7. The largest absolute Gasteiger partial charge is 0.573 e. The number of anilines is 1. The monoisotopic (exact) mass is 467 g/mol. The molecule has 2 aliphatic rings. The molecule has 4 N–H and O–H groups in total. The third kappa shape index (κ3) is 3.92. The van der Waals surface area contributed by atoms with Crippen molar-refractivity contribution >= 4 is 29.4 Å². The van der Waals surface area contributed by atoms with E-state index in [1.165, 1.54) is 4.90 Å². The maximum Gasteiger partial charge on any atom is 0.573 e. The Labute approximate surface area is 182 Å². The van der Waals surface area contributed by atoms with E-state index in [4.69, 9.17) is 11.5 Å². The molecule has 0 radical (unpaired) electrons. The molecule has 0 saturated carbocycles. The average molecular weight is 467 g/mol. The number of primary amides is 2. The molecule has 0 spiro atoms. The minimum atomic E-state index is -4.88. The van der Waals surface area contributed by atoms with Crippen LogP contribution in [0.25, 0.3) is 0 Å². The summed E-state index contributed by atoms with van der Waals surface area (Å²) in [6.07, 6.45) is -4.57. The van der Waals surface area contributed by atoms with Crippen LogP contribution in [0.1, 0.15) is 39.9 Å². The van der Waals surface area contributed by atoms with Gasteiger partial charge in [0.15, 0.2) is 11.4 Å². The molecular formula is C18H16F3N7O5. The molecule has 12 nitrogen and oxygen atoms in total. The molecule has 3 heterocycles. The van der Waals surface area contributed by atoms with E-state index in [1.807, 2.05) is 0 Å². The van der Waals surface area contributed by atoms with E-state index < -0.39 is 53.6 Å². The van der Waals surface area contributed by atoms with Gasteiger partial charge in [0.2, 0.25) is 0 Å². The van der Waals surface area contributed by atoms with E-state index in [0.717, 1.165) is 33.8 Å². The lowest BCUT2D eigenvalue weighted by Crippen LogP contribution is -2.43. The Morgan fingerprint density at radius 3 is 2.33 bits per heavy atom. The Hall–Kier alpha value is -4.17. The summed E-state index contributed by atoms with van der Waals surface area (Å²) in [5, 5.41) is 7.38. The Morgan fingerprint density at radius 1 is 1.09 bits per heavy atom. The molecule has 2 saturated heterocycles. The first-order valence-corrected chi connectivity index (χ1v) is 9.53. The van der Waals surface area contributed by atoms with Gasteiger partial charge >= 0.3 is 12.4 Å². The molecule has 0 aliphatic carbocycles. The highest BCUT2D eigenvalue weighted by atomic mass is 19.4. The number of alkyl halides is 3. The third-order valence-electron chi connectivity index (χ3n) is 5.35. The molecule has 1 aromatic carbocycles. The highest BCUT2D eigenvalue weighted by Crippen LogP contribution is 2.36. The normalized spacial score (nSPS) is 20.7. The van der Waals surface area contributed by atoms with E-state index in [9.17, 15) is 32.3 Å². The fraction of sp³-hybridized carbons (Fsp3) is 0.333. The molecule has 15 heteroatoms. The summed E-state index contributed by atoms with van der Waals surface area (Å²) in [4.78, 5) is 51.4. The summed E-state index contributed by atoms with van der Waals surface area (Å²) >= 11 is 0. The number of amides is 5. The van der Waals surface area contributed by atoms with Crippen LogP contribution in [0, 0.1) is 0 Å². The van der Waals surface area contributed by atoms with Gasteiger partial charge in [0.1, 0.15) is 11.8 Å². The first-order valence-electron chi connectivity index (χ1n) is 9.53. The van der Waals surface area contributed by atoms with E-state index in [-0.39, 0.29) is 30.8 Å². The van der Waals surface area contributed by atoms with Crippen LogP contribution in [0.5, 0.6) is 5.75 Å². The Morgan fingerprint density at radius 2 is 1.76 bits per heavy atom. The number of halogens is 3. The molecule has 4 rings (SSSR count). The van der Waals surface area contributed by atoms with Gasteiger partial charge in [-0.05, 0) is 37.1 Å². The lowest BCUT2D eigenvalue weighted by molar-refractivity contribution is -0.274. The van der Waals surface area contributed by atoms with Crippen molar-refractivity contribution in [3.63, 3.8) is 0 Å². The van der Waals surface area contributed by atoms with Crippen molar-refractivity contribution in [2.24, 2.45) is 11.5 Å². The molecule has 1 aromatic heterocycles. The van der Waals surface area contributed by atoms with Crippen LogP contribution >= 0.6 is 0 Å². The predicted molar refractivity (Wildman–Crippen MR) is 102 cm³/mol. The van der Waals surface area contributed by atoms with Gasteiger partial charge in [-0.1, -0.05) is 5.21 Å². The van der Waals surface area contributed by atoms with Crippen molar-refractivity contribution in [2.45, 2.75) is 31.3 Å². The third-order valence-corrected chi connectivity index (χ3v) is 5.35. The first-order chi connectivity index (χ1) is 15.5. The molecule has 0 bridgehead atoms. The topological polar surface area (TPSA) is 167 Å². The van der Waals surface area contributed by atoms with Gasteiger partial charge in [-0.2, -0.15) is 0 Å². The molecule has 5 amide bonds. The Bertz CT molecular complexity index is 1150. The smallest absolute Gasteiger partial charge is 0.406 e. The van der Waals surface area contributed by atoms with Crippen molar-refractivity contribution in [3.8, 4) is 5.75 Å². The van der Waals surface area contributed by atoms with Gasteiger partial charge < -0.3 is 21.1 Å². The van der Waals surface area contributed by atoms with E-state index in [1.54, 1.807) is 0 Å². The number of benzene rings is 1. The summed E-state index contributed by atoms with van der Waals surface area (Å²) < 4.78 is 42.0. The first kappa shape index (κ1) is 22.0. The number of rotatable bonds is 5. The number of urea groups is 1. The second-order valence-corrected chi connectivity index (χ2v) is 7.35. The molecule has 2 aromatic rings. The number of hydrogen-bond donors (Lipinski definition) is 2. The van der Waals surface area contributed by atoms with Crippen molar-refractivity contribution in [3.05, 3.63) is 35.7 Å². The van der Waals surface area contributed by atoms with Gasteiger partial charge in [0.05, 0.1) is 11.7 Å². The molecule has 0 unspecified atom stereocenters. The van der Waals surface area contributed by atoms with Gasteiger partial charge in [-0.3, -0.25) is 14.4 Å². The zero-order valence-electron chi connectivity index (χ0n) is 16.7. The van der Waals surface area contributed by atoms with Crippen LogP contribution in [0.2, 0.25) is 0 Å². The van der Waals surface area contributed by atoms with Crippen LogP contribution in [-0.2, 0) is 4.79 Å². The molecule has 2 fully saturated rings. The number of fused-ring (bicyclic) bond motifs is 1. The number of hydrogen-bond acceptors (Lipinski definition) is 7. The van der Waals surface area contributed by atoms with Gasteiger partial charge in [0.25, 0.3) is 17.7 Å². The van der Waals surface area contributed by atoms with Crippen LogP contribution < -0.4 is 21.1 Å². The van der Waals surface area contributed by atoms with E-state index in [0.29, 0.717) is 0 Å². The number of nitrogens with zero attached hydrogens (tertiary/aromatic N) is 5. The summed E-state index contributed by atoms with van der Waals surface area (Å²) in [6, 6.07) is 2.15. The van der Waals surface area contributed by atoms with Crippen LogP contribution in [-0.4, -0.2) is 62.6 Å². The maximum absolute atomic E-state index is 13.0. The van der Waals surface area contributed by atoms with Gasteiger partial charge in [0, 0.05) is 6.54 Å². The fourth-order valence-corrected chi connectivity index (χ4v) is 3.98. The van der Waals surface area contributed by atoms with Crippen molar-refractivity contribution in [2.75, 3.05) is 11.4 Å². The maximum atomic E-state index is 13.0. The number of imide groups is 1. The second kappa shape index (κ2) is 7.75. The molecule has 33 heavy (non-hydrogen) atoms. The lowest BCUT2D eigenvalue weighted by Gasteiger charge is -2.32. The van der Waals surface area contributed by atoms with Crippen molar-refractivity contribution in [1.29, 1.82) is 0 Å². The van der Waals surface area contributed by atoms with E-state index in [2.05, 4.69) is 15.0 Å². The zero-order chi connectivity index (χ0) is 24.1. The summed E-state index contributed by atoms with van der Waals surface area (Å²) in [5.41, 5.74) is 9.91. The molecule has 174 valence electrons. The van der Waals surface area contributed by atoms with Gasteiger partial charge in [-0.15, -0.1) is 18.3 Å². The van der Waals surface area contributed by atoms with Crippen LogP contribution in [0.3, 0.4) is 0 Å². The SMILES string of the molecule is NC(=O)c1nnn([C@H]2CCN3C(=O)N(c4ccc(OC(F)(F)F)cc4)C(=O)[C@@H]3C2)c1C(N)=O. The highest BCUT2D eigenvalue weighted by molar-refractivity contribution is 6.21. The van der Waals surface area contributed by atoms with Gasteiger partial charge in [-0.25, -0.2) is 14.4 Å².